The molecule has 1 aliphatic heterocycles. The van der Waals surface area contributed by atoms with E-state index in [4.69, 9.17) is 9.72 Å². The van der Waals surface area contributed by atoms with E-state index >= 15 is 0 Å². The van der Waals surface area contributed by atoms with Gasteiger partial charge >= 0.3 is 0 Å². The van der Waals surface area contributed by atoms with Crippen molar-refractivity contribution in [1.29, 1.82) is 0 Å². The molecule has 162 valence electrons. The lowest BCUT2D eigenvalue weighted by molar-refractivity contribution is -0.115. The molecule has 2 heterocycles. The van der Waals surface area contributed by atoms with Crippen LogP contribution in [0.2, 0.25) is 0 Å². The molecule has 32 heavy (non-hydrogen) atoms. The normalized spacial score (nSPS) is 14.5. The number of hydrogen-bond acceptors (Lipinski definition) is 5. The van der Waals surface area contributed by atoms with E-state index in [2.05, 4.69) is 34.5 Å². The molecule has 0 aliphatic carbocycles. The van der Waals surface area contributed by atoms with Crippen LogP contribution in [0.25, 0.3) is 21.3 Å². The molecule has 0 radical (unpaired) electrons. The third-order valence-corrected chi connectivity index (χ3v) is 6.58. The van der Waals surface area contributed by atoms with E-state index in [1.165, 1.54) is 5.56 Å². The highest BCUT2D eigenvalue weighted by Crippen LogP contribution is 2.26. The van der Waals surface area contributed by atoms with Gasteiger partial charge in [-0.1, -0.05) is 54.6 Å². The van der Waals surface area contributed by atoms with Crippen molar-refractivity contribution >= 4 is 33.7 Å². The number of thiazole rings is 1. The summed E-state index contributed by atoms with van der Waals surface area (Å²) in [5, 5.41) is 8.12. The van der Waals surface area contributed by atoms with Gasteiger partial charge in [-0.05, 0) is 23.1 Å². The number of amides is 1. The van der Waals surface area contributed by atoms with Gasteiger partial charge in [0.2, 0.25) is 5.91 Å². The summed E-state index contributed by atoms with van der Waals surface area (Å²) in [6.45, 7) is 4.46. The van der Waals surface area contributed by atoms with Crippen molar-refractivity contribution in [2.45, 2.75) is 13.0 Å². The minimum Gasteiger partial charge on any atom is -0.379 e. The van der Waals surface area contributed by atoms with Gasteiger partial charge in [0, 0.05) is 41.7 Å². The maximum atomic E-state index is 12.7. The molecule has 1 aliphatic rings. The lowest BCUT2D eigenvalue weighted by atomic mass is 10.1. The third kappa shape index (κ3) is 4.88. The first-order valence-corrected chi connectivity index (χ1v) is 11.7. The maximum Gasteiger partial charge on any atom is 0.230 e. The molecule has 4 aromatic rings. The van der Waals surface area contributed by atoms with Crippen molar-refractivity contribution in [3.8, 4) is 10.6 Å². The average molecular weight is 444 g/mol. The summed E-state index contributed by atoms with van der Waals surface area (Å²) in [6, 6.07) is 22.5. The molecular weight excluding hydrogens is 418 g/mol. The Balaban J connectivity index is 1.25. The number of fused-ring (bicyclic) bond motifs is 1. The topological polar surface area (TPSA) is 54.5 Å². The van der Waals surface area contributed by atoms with E-state index in [1.807, 2.05) is 47.8 Å². The van der Waals surface area contributed by atoms with E-state index in [-0.39, 0.29) is 12.3 Å². The first-order valence-electron chi connectivity index (χ1n) is 10.9. The largest absolute Gasteiger partial charge is 0.379 e. The quantitative estimate of drug-likeness (QED) is 0.457. The molecule has 5 rings (SSSR count). The summed E-state index contributed by atoms with van der Waals surface area (Å²) < 4.78 is 5.44. The number of anilines is 1. The Morgan fingerprint density at radius 1 is 1.03 bits per heavy atom. The Morgan fingerprint density at radius 2 is 1.84 bits per heavy atom. The molecule has 0 spiro atoms. The number of ether oxygens (including phenoxy) is 1. The highest BCUT2D eigenvalue weighted by atomic mass is 32.1. The van der Waals surface area contributed by atoms with Crippen LogP contribution in [-0.2, 0) is 22.5 Å². The van der Waals surface area contributed by atoms with Crippen molar-refractivity contribution in [1.82, 2.24) is 9.88 Å². The van der Waals surface area contributed by atoms with Crippen LogP contribution in [0.5, 0.6) is 0 Å². The van der Waals surface area contributed by atoms with Gasteiger partial charge in [-0.3, -0.25) is 9.69 Å². The van der Waals surface area contributed by atoms with Crippen LogP contribution in [0.3, 0.4) is 0 Å². The van der Waals surface area contributed by atoms with Crippen LogP contribution in [0.15, 0.2) is 72.1 Å². The van der Waals surface area contributed by atoms with Crippen molar-refractivity contribution in [2.24, 2.45) is 0 Å². The second kappa shape index (κ2) is 9.61. The highest BCUT2D eigenvalue weighted by Gasteiger charge is 2.13. The van der Waals surface area contributed by atoms with Gasteiger partial charge in [0.1, 0.15) is 5.01 Å². The molecule has 0 saturated carbocycles. The highest BCUT2D eigenvalue weighted by molar-refractivity contribution is 7.13. The molecule has 3 aromatic carbocycles. The number of morpholine rings is 1. The molecule has 0 atom stereocenters. The first-order chi connectivity index (χ1) is 15.7. The van der Waals surface area contributed by atoms with Gasteiger partial charge in [0.05, 0.1) is 25.3 Å². The van der Waals surface area contributed by atoms with Crippen LogP contribution in [0, 0.1) is 0 Å². The Kier molecular flexibility index (Phi) is 6.25. The van der Waals surface area contributed by atoms with Crippen LogP contribution >= 0.6 is 11.3 Å². The minimum atomic E-state index is -0.0562. The van der Waals surface area contributed by atoms with Gasteiger partial charge in [-0.2, -0.15) is 0 Å². The molecule has 1 aromatic heterocycles. The summed E-state index contributed by atoms with van der Waals surface area (Å²) in [5.41, 5.74) is 4.00. The van der Waals surface area contributed by atoms with Crippen LogP contribution < -0.4 is 5.32 Å². The number of carbonyl (C=O) groups is 1. The van der Waals surface area contributed by atoms with Crippen LogP contribution in [-0.4, -0.2) is 42.1 Å². The summed E-state index contributed by atoms with van der Waals surface area (Å²) in [4.78, 5) is 19.8. The lowest BCUT2D eigenvalue weighted by Crippen LogP contribution is -2.35. The van der Waals surface area contributed by atoms with Crippen molar-refractivity contribution in [3.63, 3.8) is 0 Å². The van der Waals surface area contributed by atoms with E-state index < -0.39 is 0 Å². The van der Waals surface area contributed by atoms with Gasteiger partial charge in [-0.15, -0.1) is 11.3 Å². The van der Waals surface area contributed by atoms with Crippen LogP contribution in [0.1, 0.15) is 11.3 Å². The number of nitrogens with one attached hydrogen (secondary N) is 1. The van der Waals surface area contributed by atoms with Crippen molar-refractivity contribution in [3.05, 3.63) is 83.4 Å². The van der Waals surface area contributed by atoms with Crippen molar-refractivity contribution < 1.29 is 9.53 Å². The average Bonchev–Trinajstić information content (AvgIpc) is 3.29. The van der Waals surface area contributed by atoms with E-state index in [0.717, 1.165) is 65.6 Å². The number of benzene rings is 3. The first kappa shape index (κ1) is 20.8. The molecule has 1 amide bonds. The SMILES string of the molecule is O=C(Cc1csc(-c2cccc(CN3CCOCC3)c2)n1)Nc1cccc2ccccc12. The second-order valence-electron chi connectivity index (χ2n) is 7.98. The molecule has 0 bridgehead atoms. The zero-order chi connectivity index (χ0) is 21.8. The van der Waals surface area contributed by atoms with E-state index in [1.54, 1.807) is 11.3 Å². The molecule has 1 saturated heterocycles. The van der Waals surface area contributed by atoms with Crippen molar-refractivity contribution in [2.75, 3.05) is 31.6 Å². The minimum absolute atomic E-state index is 0.0562. The molecule has 5 nitrogen and oxygen atoms in total. The van der Waals surface area contributed by atoms with Gasteiger partial charge < -0.3 is 10.1 Å². The Morgan fingerprint density at radius 3 is 2.75 bits per heavy atom. The standard InChI is InChI=1S/C26H25N3O2S/c30-25(28-24-10-4-7-20-6-1-2-9-23(20)24)16-22-18-32-26(27-22)21-8-3-5-19(15-21)17-29-11-13-31-14-12-29/h1-10,15,18H,11-14,16-17H2,(H,28,30). The monoisotopic (exact) mass is 443 g/mol. The zero-order valence-electron chi connectivity index (χ0n) is 17.8. The van der Waals surface area contributed by atoms with Gasteiger partial charge in [-0.25, -0.2) is 4.98 Å². The van der Waals surface area contributed by atoms with Crippen LogP contribution in [0.4, 0.5) is 5.69 Å². The Bertz CT molecular complexity index is 1230. The Labute approximate surface area is 191 Å². The molecule has 1 N–H and O–H groups in total. The summed E-state index contributed by atoms with van der Waals surface area (Å²) in [6.07, 6.45) is 0.257. The summed E-state index contributed by atoms with van der Waals surface area (Å²) in [7, 11) is 0. The number of hydrogen-bond donors (Lipinski definition) is 1. The fraction of sp³-hybridized carbons (Fsp3) is 0.231. The molecular formula is C26H25N3O2S. The van der Waals surface area contributed by atoms with Gasteiger partial charge in [0.25, 0.3) is 0 Å². The predicted octanol–water partition coefficient (Wildman–Crippen LogP) is 4.98. The summed E-state index contributed by atoms with van der Waals surface area (Å²) in [5.74, 6) is -0.0562. The van der Waals surface area contributed by atoms with Gasteiger partial charge in [0.15, 0.2) is 0 Å². The fourth-order valence-corrected chi connectivity index (χ4v) is 4.85. The fourth-order valence-electron chi connectivity index (χ4n) is 4.03. The lowest BCUT2D eigenvalue weighted by Gasteiger charge is -2.26. The van der Waals surface area contributed by atoms with E-state index in [0.29, 0.717) is 0 Å². The molecule has 6 heteroatoms. The third-order valence-electron chi connectivity index (χ3n) is 5.64. The second-order valence-corrected chi connectivity index (χ2v) is 8.84. The number of rotatable bonds is 6. The Hall–Kier alpha value is -3.06. The zero-order valence-corrected chi connectivity index (χ0v) is 18.6. The number of carbonyl (C=O) groups excluding carboxylic acids is 1. The molecule has 0 unspecified atom stereocenters. The number of nitrogens with zero attached hydrogens (tertiary/aromatic N) is 2. The molecule has 1 fully saturated rings. The predicted molar refractivity (Wildman–Crippen MR) is 130 cm³/mol. The number of aromatic nitrogens is 1. The smallest absolute Gasteiger partial charge is 0.230 e. The van der Waals surface area contributed by atoms with E-state index in [9.17, 15) is 4.79 Å². The maximum absolute atomic E-state index is 12.7. The summed E-state index contributed by atoms with van der Waals surface area (Å²) >= 11 is 1.58.